The third-order valence-corrected chi connectivity index (χ3v) is 4.14. The molecule has 0 amide bonds. The van der Waals surface area contributed by atoms with Gasteiger partial charge in [0, 0.05) is 31.3 Å². The molecule has 18 heavy (non-hydrogen) atoms. The van der Waals surface area contributed by atoms with Crippen molar-refractivity contribution in [3.05, 3.63) is 38.8 Å². The SMILES string of the molecule is COCCNCc1ccnn1Cc1ccc(Br)s1. The van der Waals surface area contributed by atoms with Crippen molar-refractivity contribution in [1.29, 1.82) is 0 Å². The zero-order valence-corrected chi connectivity index (χ0v) is 12.6. The average molecular weight is 330 g/mol. The van der Waals surface area contributed by atoms with Gasteiger partial charge in [-0.2, -0.15) is 5.10 Å². The van der Waals surface area contributed by atoms with E-state index in [9.17, 15) is 0 Å². The molecule has 0 unspecified atom stereocenters. The molecular formula is C12H16BrN3OS. The fourth-order valence-corrected chi connectivity index (χ4v) is 3.09. The van der Waals surface area contributed by atoms with Crippen LogP contribution in [0.4, 0.5) is 0 Å². The Hall–Kier alpha value is -0.690. The Morgan fingerprint density at radius 1 is 1.44 bits per heavy atom. The van der Waals surface area contributed by atoms with Crippen molar-refractivity contribution >= 4 is 27.3 Å². The summed E-state index contributed by atoms with van der Waals surface area (Å²) < 4.78 is 8.18. The molecule has 0 aromatic carbocycles. The molecule has 6 heteroatoms. The number of methoxy groups -OCH3 is 1. The highest BCUT2D eigenvalue weighted by Crippen LogP contribution is 2.22. The van der Waals surface area contributed by atoms with E-state index in [1.165, 1.54) is 10.6 Å². The lowest BCUT2D eigenvalue weighted by Crippen LogP contribution is -2.20. The first kappa shape index (κ1) is 13.7. The second-order valence-corrected chi connectivity index (χ2v) is 6.40. The van der Waals surface area contributed by atoms with E-state index in [2.05, 4.69) is 38.5 Å². The van der Waals surface area contributed by atoms with Crippen molar-refractivity contribution in [3.63, 3.8) is 0 Å². The van der Waals surface area contributed by atoms with Gasteiger partial charge >= 0.3 is 0 Å². The molecule has 0 aliphatic rings. The number of halogens is 1. The zero-order chi connectivity index (χ0) is 12.8. The smallest absolute Gasteiger partial charge is 0.0756 e. The Bertz CT molecular complexity index is 483. The fourth-order valence-electron chi connectivity index (χ4n) is 1.63. The van der Waals surface area contributed by atoms with Crippen molar-refractivity contribution in [2.75, 3.05) is 20.3 Å². The largest absolute Gasteiger partial charge is 0.383 e. The number of nitrogens with one attached hydrogen (secondary N) is 1. The third-order valence-electron chi connectivity index (χ3n) is 2.53. The minimum Gasteiger partial charge on any atom is -0.383 e. The number of hydrogen-bond donors (Lipinski definition) is 1. The van der Waals surface area contributed by atoms with Gasteiger partial charge in [0.1, 0.15) is 0 Å². The summed E-state index contributed by atoms with van der Waals surface area (Å²) in [4.78, 5) is 1.30. The molecule has 0 spiro atoms. The lowest BCUT2D eigenvalue weighted by atomic mass is 10.4. The molecule has 0 atom stereocenters. The number of rotatable bonds is 7. The van der Waals surface area contributed by atoms with Crippen molar-refractivity contribution in [3.8, 4) is 0 Å². The maximum absolute atomic E-state index is 5.00. The van der Waals surface area contributed by atoms with Crippen LogP contribution in [-0.2, 0) is 17.8 Å². The molecule has 1 N–H and O–H groups in total. The summed E-state index contributed by atoms with van der Waals surface area (Å²) in [5.74, 6) is 0. The maximum atomic E-state index is 5.00. The van der Waals surface area contributed by atoms with E-state index in [1.54, 1.807) is 18.4 Å². The maximum Gasteiger partial charge on any atom is 0.0756 e. The Balaban J connectivity index is 1.91. The second-order valence-electron chi connectivity index (χ2n) is 3.86. The molecule has 2 heterocycles. The minimum atomic E-state index is 0.728. The van der Waals surface area contributed by atoms with Crippen LogP contribution < -0.4 is 5.32 Å². The number of hydrogen-bond acceptors (Lipinski definition) is 4. The number of thiophene rings is 1. The van der Waals surface area contributed by atoms with Crippen LogP contribution in [0, 0.1) is 0 Å². The van der Waals surface area contributed by atoms with Gasteiger partial charge in [0.05, 0.1) is 22.6 Å². The molecule has 2 aromatic rings. The van der Waals surface area contributed by atoms with Crippen LogP contribution in [0.3, 0.4) is 0 Å². The van der Waals surface area contributed by atoms with Gasteiger partial charge in [0.25, 0.3) is 0 Å². The van der Waals surface area contributed by atoms with Crippen molar-refractivity contribution in [2.24, 2.45) is 0 Å². The van der Waals surface area contributed by atoms with Crippen LogP contribution in [0.2, 0.25) is 0 Å². The molecule has 4 nitrogen and oxygen atoms in total. The van der Waals surface area contributed by atoms with Gasteiger partial charge < -0.3 is 10.1 Å². The summed E-state index contributed by atoms with van der Waals surface area (Å²) >= 11 is 5.22. The van der Waals surface area contributed by atoms with Crippen molar-refractivity contribution in [2.45, 2.75) is 13.1 Å². The summed E-state index contributed by atoms with van der Waals surface area (Å²) in [6.07, 6.45) is 1.84. The Labute approximate surface area is 119 Å². The van der Waals surface area contributed by atoms with E-state index in [4.69, 9.17) is 4.74 Å². The monoisotopic (exact) mass is 329 g/mol. The van der Waals surface area contributed by atoms with Gasteiger partial charge in [-0.15, -0.1) is 11.3 Å². The third kappa shape index (κ3) is 3.91. The van der Waals surface area contributed by atoms with Crippen LogP contribution >= 0.6 is 27.3 Å². The van der Waals surface area contributed by atoms with E-state index < -0.39 is 0 Å². The molecule has 0 aliphatic carbocycles. The second kappa shape index (κ2) is 7.04. The Morgan fingerprint density at radius 3 is 3.06 bits per heavy atom. The molecular weight excluding hydrogens is 314 g/mol. The van der Waals surface area contributed by atoms with Crippen LogP contribution in [0.5, 0.6) is 0 Å². The predicted molar refractivity (Wildman–Crippen MR) is 76.9 cm³/mol. The van der Waals surface area contributed by atoms with Crippen molar-refractivity contribution < 1.29 is 4.74 Å². The minimum absolute atomic E-state index is 0.728. The van der Waals surface area contributed by atoms with E-state index >= 15 is 0 Å². The quantitative estimate of drug-likeness (QED) is 0.793. The molecule has 0 bridgehead atoms. The summed E-state index contributed by atoms with van der Waals surface area (Å²) in [6.45, 7) is 3.22. The first-order valence-electron chi connectivity index (χ1n) is 5.74. The van der Waals surface area contributed by atoms with Gasteiger partial charge in [-0.3, -0.25) is 4.68 Å². The number of nitrogens with zero attached hydrogens (tertiary/aromatic N) is 2. The standard InChI is InChI=1S/C12H16BrN3OS/c1-17-7-6-14-8-10-4-5-15-16(10)9-11-2-3-12(13)18-11/h2-5,14H,6-9H2,1H3. The van der Waals surface area contributed by atoms with E-state index in [-0.39, 0.29) is 0 Å². The van der Waals surface area contributed by atoms with Gasteiger partial charge in [-0.05, 0) is 34.1 Å². The molecule has 0 saturated heterocycles. The Morgan fingerprint density at radius 2 is 2.33 bits per heavy atom. The number of aromatic nitrogens is 2. The molecule has 0 saturated carbocycles. The normalized spacial score (nSPS) is 11.0. The molecule has 98 valence electrons. The van der Waals surface area contributed by atoms with Crippen molar-refractivity contribution in [1.82, 2.24) is 15.1 Å². The van der Waals surface area contributed by atoms with E-state index in [1.807, 2.05) is 16.9 Å². The van der Waals surface area contributed by atoms with Crippen LogP contribution in [-0.4, -0.2) is 30.0 Å². The van der Waals surface area contributed by atoms with Gasteiger partial charge in [-0.25, -0.2) is 0 Å². The fraction of sp³-hybridized carbons (Fsp3) is 0.417. The summed E-state index contributed by atoms with van der Waals surface area (Å²) in [6, 6.07) is 6.24. The highest BCUT2D eigenvalue weighted by atomic mass is 79.9. The molecule has 0 aliphatic heterocycles. The zero-order valence-electron chi connectivity index (χ0n) is 10.2. The van der Waals surface area contributed by atoms with E-state index in [0.717, 1.165) is 30.0 Å². The number of ether oxygens (including phenoxy) is 1. The summed E-state index contributed by atoms with van der Waals surface area (Å²) in [5.41, 5.74) is 1.19. The average Bonchev–Trinajstić information content (AvgIpc) is 2.95. The highest BCUT2D eigenvalue weighted by Gasteiger charge is 2.04. The van der Waals surface area contributed by atoms with Gasteiger partial charge in [-0.1, -0.05) is 0 Å². The predicted octanol–water partition coefficient (Wildman–Crippen LogP) is 2.49. The first-order valence-corrected chi connectivity index (χ1v) is 7.35. The summed E-state index contributed by atoms with van der Waals surface area (Å²) in [5, 5.41) is 7.68. The van der Waals surface area contributed by atoms with Crippen LogP contribution in [0.15, 0.2) is 28.2 Å². The highest BCUT2D eigenvalue weighted by molar-refractivity contribution is 9.11. The molecule has 0 radical (unpaired) electrons. The van der Waals surface area contributed by atoms with Crippen LogP contribution in [0.1, 0.15) is 10.6 Å². The van der Waals surface area contributed by atoms with E-state index in [0.29, 0.717) is 0 Å². The lowest BCUT2D eigenvalue weighted by molar-refractivity contribution is 0.199. The lowest BCUT2D eigenvalue weighted by Gasteiger charge is -2.07. The Kier molecular flexibility index (Phi) is 5.37. The molecule has 2 rings (SSSR count). The molecule has 2 aromatic heterocycles. The van der Waals surface area contributed by atoms with Crippen LogP contribution in [0.25, 0.3) is 0 Å². The first-order chi connectivity index (χ1) is 8.79. The van der Waals surface area contributed by atoms with Gasteiger partial charge in [0.2, 0.25) is 0 Å². The summed E-state index contributed by atoms with van der Waals surface area (Å²) in [7, 11) is 1.71. The van der Waals surface area contributed by atoms with Gasteiger partial charge in [0.15, 0.2) is 0 Å². The molecule has 0 fully saturated rings. The topological polar surface area (TPSA) is 39.1 Å².